The maximum Gasteiger partial charge on any atom is 0.183 e. The summed E-state index contributed by atoms with van der Waals surface area (Å²) in [6, 6.07) is 13.9. The number of ether oxygens (including phenoxy) is 1. The third-order valence-corrected chi connectivity index (χ3v) is 4.29. The molecule has 2 aromatic carbocycles. The van der Waals surface area contributed by atoms with Crippen molar-refractivity contribution in [2.45, 2.75) is 13.0 Å². The molecule has 3 rings (SSSR count). The number of hydrogen-bond donors (Lipinski definition) is 2. The summed E-state index contributed by atoms with van der Waals surface area (Å²) >= 11 is 0. The highest BCUT2D eigenvalue weighted by Crippen LogP contribution is 2.28. The molecule has 1 unspecified atom stereocenters. The van der Waals surface area contributed by atoms with E-state index < -0.39 is 0 Å². The summed E-state index contributed by atoms with van der Waals surface area (Å²) in [5, 5.41) is 13.4. The molecule has 0 spiro atoms. The zero-order chi connectivity index (χ0) is 16.9. The van der Waals surface area contributed by atoms with Crippen molar-refractivity contribution < 1.29 is 14.6 Å². The predicted octanol–water partition coefficient (Wildman–Crippen LogP) is 2.66. The molecule has 1 aliphatic heterocycles. The van der Waals surface area contributed by atoms with Gasteiger partial charge in [-0.05, 0) is 37.3 Å². The van der Waals surface area contributed by atoms with E-state index in [0.29, 0.717) is 17.1 Å². The summed E-state index contributed by atoms with van der Waals surface area (Å²) in [4.78, 5) is 14.9. The van der Waals surface area contributed by atoms with Crippen LogP contribution in [-0.2, 0) is 0 Å². The molecular formula is C19H22N2O3. The number of para-hydroxylation sites is 1. The lowest BCUT2D eigenvalue weighted by Gasteiger charge is -2.32. The van der Waals surface area contributed by atoms with Crippen LogP contribution < -0.4 is 10.1 Å². The maximum atomic E-state index is 12.8. The Labute approximate surface area is 141 Å². The van der Waals surface area contributed by atoms with Gasteiger partial charge in [0.1, 0.15) is 17.2 Å². The van der Waals surface area contributed by atoms with E-state index in [2.05, 4.69) is 10.2 Å². The topological polar surface area (TPSA) is 61.8 Å². The van der Waals surface area contributed by atoms with E-state index in [9.17, 15) is 9.90 Å². The van der Waals surface area contributed by atoms with Gasteiger partial charge in [-0.15, -0.1) is 0 Å². The van der Waals surface area contributed by atoms with Gasteiger partial charge < -0.3 is 15.2 Å². The van der Waals surface area contributed by atoms with Crippen LogP contribution in [0, 0.1) is 0 Å². The minimum absolute atomic E-state index is 0.0117. The normalized spacial score (nSPS) is 16.5. The number of carbonyl (C=O) groups excluding carboxylic acids is 1. The molecule has 2 aromatic rings. The Morgan fingerprint density at radius 2 is 1.83 bits per heavy atom. The molecule has 0 bridgehead atoms. The first-order chi connectivity index (χ1) is 11.6. The van der Waals surface area contributed by atoms with Crippen LogP contribution in [0.1, 0.15) is 17.3 Å². The molecule has 126 valence electrons. The zero-order valence-electron chi connectivity index (χ0n) is 13.7. The Bertz CT molecular complexity index is 697. The van der Waals surface area contributed by atoms with Crippen LogP contribution in [-0.4, -0.2) is 48.0 Å². The molecule has 1 saturated heterocycles. The lowest BCUT2D eigenvalue weighted by molar-refractivity contribution is 0.0817. The number of carbonyl (C=O) groups is 1. The maximum absolute atomic E-state index is 12.8. The summed E-state index contributed by atoms with van der Waals surface area (Å²) < 4.78 is 5.76. The molecule has 1 atom stereocenters. The number of rotatable bonds is 5. The van der Waals surface area contributed by atoms with Gasteiger partial charge in [-0.3, -0.25) is 9.69 Å². The summed E-state index contributed by atoms with van der Waals surface area (Å²) in [5.74, 6) is 1.13. The summed E-state index contributed by atoms with van der Waals surface area (Å²) in [7, 11) is 0. The molecule has 1 heterocycles. The summed E-state index contributed by atoms with van der Waals surface area (Å²) in [5.41, 5.74) is 0.300. The number of benzene rings is 2. The van der Waals surface area contributed by atoms with Gasteiger partial charge in [0.2, 0.25) is 0 Å². The molecule has 24 heavy (non-hydrogen) atoms. The predicted molar refractivity (Wildman–Crippen MR) is 92.9 cm³/mol. The molecule has 1 fully saturated rings. The number of aromatic hydroxyl groups is 1. The van der Waals surface area contributed by atoms with Crippen LogP contribution in [0.25, 0.3) is 0 Å². The Morgan fingerprint density at radius 3 is 2.54 bits per heavy atom. The van der Waals surface area contributed by atoms with Crippen molar-refractivity contribution in [2.75, 3.05) is 26.2 Å². The average Bonchev–Trinajstić information content (AvgIpc) is 2.64. The number of phenolic OH excluding ortho intramolecular Hbond substituents is 1. The molecule has 0 aliphatic carbocycles. The van der Waals surface area contributed by atoms with E-state index in [4.69, 9.17) is 4.74 Å². The second-order valence-electron chi connectivity index (χ2n) is 5.92. The fourth-order valence-electron chi connectivity index (χ4n) is 2.86. The quantitative estimate of drug-likeness (QED) is 0.827. The molecule has 1 aliphatic rings. The van der Waals surface area contributed by atoms with E-state index in [-0.39, 0.29) is 17.6 Å². The van der Waals surface area contributed by atoms with Crippen LogP contribution in [0.2, 0.25) is 0 Å². The molecule has 0 amide bonds. The first-order valence-electron chi connectivity index (χ1n) is 8.20. The van der Waals surface area contributed by atoms with Crippen molar-refractivity contribution in [1.82, 2.24) is 10.2 Å². The average molecular weight is 326 g/mol. The fourth-order valence-corrected chi connectivity index (χ4v) is 2.86. The Balaban J connectivity index is 1.79. The van der Waals surface area contributed by atoms with Crippen molar-refractivity contribution in [3.05, 3.63) is 54.1 Å². The fraction of sp³-hybridized carbons (Fsp3) is 0.316. The van der Waals surface area contributed by atoms with Crippen molar-refractivity contribution in [3.63, 3.8) is 0 Å². The molecular weight excluding hydrogens is 304 g/mol. The van der Waals surface area contributed by atoms with Crippen LogP contribution in [0.5, 0.6) is 17.2 Å². The van der Waals surface area contributed by atoms with Gasteiger partial charge >= 0.3 is 0 Å². The number of nitrogens with one attached hydrogen (secondary N) is 1. The highest BCUT2D eigenvalue weighted by atomic mass is 16.5. The first-order valence-corrected chi connectivity index (χ1v) is 8.20. The summed E-state index contributed by atoms with van der Waals surface area (Å²) in [6.45, 7) is 5.29. The molecule has 2 N–H and O–H groups in total. The van der Waals surface area contributed by atoms with E-state index in [1.807, 2.05) is 37.3 Å². The third-order valence-electron chi connectivity index (χ3n) is 4.29. The van der Waals surface area contributed by atoms with Crippen LogP contribution in [0.15, 0.2) is 48.5 Å². The Kier molecular flexibility index (Phi) is 5.13. The number of nitrogens with zero attached hydrogens (tertiary/aromatic N) is 1. The molecule has 0 saturated carbocycles. The van der Waals surface area contributed by atoms with E-state index in [1.54, 1.807) is 12.1 Å². The number of hydrogen-bond acceptors (Lipinski definition) is 5. The zero-order valence-corrected chi connectivity index (χ0v) is 13.7. The standard InChI is InChI=1S/C19H22N2O3/c1-14(21-11-9-20-10-12-21)19(23)17-13-16(7-8-18(17)22)24-15-5-3-2-4-6-15/h2-8,13-14,20,22H,9-12H2,1H3. The smallest absolute Gasteiger partial charge is 0.183 e. The number of ketones is 1. The highest BCUT2D eigenvalue weighted by Gasteiger charge is 2.25. The van der Waals surface area contributed by atoms with Crippen LogP contribution in [0.3, 0.4) is 0 Å². The van der Waals surface area contributed by atoms with Gasteiger partial charge in [-0.2, -0.15) is 0 Å². The minimum atomic E-state index is -0.273. The van der Waals surface area contributed by atoms with Crippen molar-refractivity contribution in [3.8, 4) is 17.2 Å². The summed E-state index contributed by atoms with van der Waals surface area (Å²) in [6.07, 6.45) is 0. The van der Waals surface area contributed by atoms with E-state index >= 15 is 0 Å². The molecule has 5 heteroatoms. The van der Waals surface area contributed by atoms with Crippen molar-refractivity contribution in [1.29, 1.82) is 0 Å². The van der Waals surface area contributed by atoms with Gasteiger partial charge in [0.25, 0.3) is 0 Å². The van der Waals surface area contributed by atoms with E-state index in [0.717, 1.165) is 26.2 Å². The minimum Gasteiger partial charge on any atom is -0.507 e. The molecule has 5 nitrogen and oxygen atoms in total. The Morgan fingerprint density at radius 1 is 1.12 bits per heavy atom. The number of Topliss-reactive ketones (excluding diaryl/α,β-unsaturated/α-hetero) is 1. The van der Waals surface area contributed by atoms with E-state index in [1.165, 1.54) is 6.07 Å². The SMILES string of the molecule is CC(C(=O)c1cc(Oc2ccccc2)ccc1O)N1CCNCC1. The van der Waals surface area contributed by atoms with Crippen molar-refractivity contribution in [2.24, 2.45) is 0 Å². The highest BCUT2D eigenvalue weighted by molar-refractivity contribution is 6.02. The first kappa shape index (κ1) is 16.5. The third kappa shape index (κ3) is 3.75. The lowest BCUT2D eigenvalue weighted by Crippen LogP contribution is -2.50. The van der Waals surface area contributed by atoms with Gasteiger partial charge in [0.15, 0.2) is 5.78 Å². The van der Waals surface area contributed by atoms with Crippen molar-refractivity contribution >= 4 is 5.78 Å². The monoisotopic (exact) mass is 326 g/mol. The molecule has 0 radical (unpaired) electrons. The lowest BCUT2D eigenvalue weighted by atomic mass is 10.0. The van der Waals surface area contributed by atoms with Gasteiger partial charge in [0, 0.05) is 26.2 Å². The second-order valence-corrected chi connectivity index (χ2v) is 5.92. The second kappa shape index (κ2) is 7.47. The van der Waals surface area contributed by atoms with Crippen LogP contribution in [0.4, 0.5) is 0 Å². The van der Waals surface area contributed by atoms with Gasteiger partial charge in [0.05, 0.1) is 11.6 Å². The number of piperazine rings is 1. The van der Waals surface area contributed by atoms with Gasteiger partial charge in [-0.25, -0.2) is 0 Å². The number of phenols is 1. The Hall–Kier alpha value is -2.37. The van der Waals surface area contributed by atoms with Crippen LogP contribution >= 0.6 is 0 Å². The largest absolute Gasteiger partial charge is 0.507 e. The van der Waals surface area contributed by atoms with Gasteiger partial charge in [-0.1, -0.05) is 18.2 Å². The molecule has 0 aromatic heterocycles.